The van der Waals surface area contributed by atoms with E-state index in [1.165, 1.54) is 18.9 Å². The molecule has 3 N–H and O–H groups in total. The lowest BCUT2D eigenvalue weighted by atomic mass is 9.84. The molecule has 2 saturated heterocycles. The van der Waals surface area contributed by atoms with Gasteiger partial charge in [-0.3, -0.25) is 4.79 Å². The molecule has 1 unspecified atom stereocenters. The second kappa shape index (κ2) is 7.45. The van der Waals surface area contributed by atoms with Gasteiger partial charge in [-0.25, -0.2) is 0 Å². The van der Waals surface area contributed by atoms with Gasteiger partial charge in [0.1, 0.15) is 5.75 Å². The summed E-state index contributed by atoms with van der Waals surface area (Å²) in [7, 11) is 2.10. The Morgan fingerprint density at radius 2 is 1.72 bits per heavy atom. The maximum Gasteiger partial charge on any atom is 0.248 e. The number of aromatic amines is 1. The number of phenolic OH excluding ortho intramolecular Hbond substituents is 1. The van der Waals surface area contributed by atoms with E-state index in [9.17, 15) is 9.90 Å². The molecule has 0 aliphatic carbocycles. The van der Waals surface area contributed by atoms with E-state index in [0.29, 0.717) is 17.3 Å². The van der Waals surface area contributed by atoms with Crippen LogP contribution in [0.25, 0.3) is 22.4 Å². The molecule has 7 heteroatoms. The van der Waals surface area contributed by atoms with Gasteiger partial charge in [0, 0.05) is 42.0 Å². The van der Waals surface area contributed by atoms with E-state index in [4.69, 9.17) is 0 Å². The predicted molar refractivity (Wildman–Crippen MR) is 126 cm³/mol. The van der Waals surface area contributed by atoms with Gasteiger partial charge in [-0.05, 0) is 81.0 Å². The highest BCUT2D eigenvalue weighted by Gasteiger charge is 2.49. The van der Waals surface area contributed by atoms with Gasteiger partial charge in [0.15, 0.2) is 5.82 Å². The lowest BCUT2D eigenvalue weighted by Crippen LogP contribution is -2.58. The fourth-order valence-electron chi connectivity index (χ4n) is 5.49. The zero-order chi connectivity index (χ0) is 22.5. The Hall–Kier alpha value is -3.19. The van der Waals surface area contributed by atoms with Crippen LogP contribution in [0.4, 0.5) is 5.82 Å². The standard InChI is InChI=1S/C25H29N5O2/c1-24-9-10-25(2,29-24)15-18(14-24)30(3)22-7-6-20(27-28-22)19-5-4-16(12-21(19)31)17-8-11-26-23(32)13-17/h4-8,11-13,18,29,31H,9-10,14-15H2,1-3H3,(H,26,32)/t18-,24-,25?/m1/s1. The smallest absolute Gasteiger partial charge is 0.248 e. The molecule has 0 amide bonds. The largest absolute Gasteiger partial charge is 0.507 e. The van der Waals surface area contributed by atoms with Crippen molar-refractivity contribution in [3.8, 4) is 28.1 Å². The summed E-state index contributed by atoms with van der Waals surface area (Å²) >= 11 is 0. The molecular weight excluding hydrogens is 402 g/mol. The third kappa shape index (κ3) is 3.77. The summed E-state index contributed by atoms with van der Waals surface area (Å²) < 4.78 is 0. The minimum absolute atomic E-state index is 0.106. The van der Waals surface area contributed by atoms with Crippen molar-refractivity contribution in [2.45, 2.75) is 56.7 Å². The van der Waals surface area contributed by atoms with Gasteiger partial charge in [0.2, 0.25) is 5.56 Å². The van der Waals surface area contributed by atoms with E-state index in [1.54, 1.807) is 18.3 Å². The quantitative estimate of drug-likeness (QED) is 0.583. The average Bonchev–Trinajstić information content (AvgIpc) is 3.00. The summed E-state index contributed by atoms with van der Waals surface area (Å²) in [6.07, 6.45) is 6.20. The molecule has 4 heterocycles. The Kier molecular flexibility index (Phi) is 4.82. The van der Waals surface area contributed by atoms with Crippen LogP contribution in [0.5, 0.6) is 5.75 Å². The molecule has 7 nitrogen and oxygen atoms in total. The zero-order valence-electron chi connectivity index (χ0n) is 18.7. The monoisotopic (exact) mass is 431 g/mol. The molecule has 1 aromatic carbocycles. The molecular formula is C25H29N5O2. The number of rotatable bonds is 4. The first-order chi connectivity index (χ1) is 15.2. The molecule has 0 radical (unpaired) electrons. The summed E-state index contributed by atoms with van der Waals surface area (Å²) in [5.41, 5.74) is 2.94. The lowest BCUT2D eigenvalue weighted by molar-refractivity contribution is 0.207. The van der Waals surface area contributed by atoms with Gasteiger partial charge in [0.25, 0.3) is 0 Å². The number of hydrogen-bond donors (Lipinski definition) is 3. The van der Waals surface area contributed by atoms with E-state index in [2.05, 4.69) is 46.3 Å². The second-order valence-electron chi connectivity index (χ2n) is 9.87. The number of fused-ring (bicyclic) bond motifs is 2. The van der Waals surface area contributed by atoms with Crippen molar-refractivity contribution in [3.05, 3.63) is 59.0 Å². The zero-order valence-corrected chi connectivity index (χ0v) is 18.7. The highest BCUT2D eigenvalue weighted by molar-refractivity contribution is 5.74. The number of anilines is 1. The number of aromatic hydroxyl groups is 1. The van der Waals surface area contributed by atoms with Crippen molar-refractivity contribution >= 4 is 5.82 Å². The number of pyridine rings is 1. The predicted octanol–water partition coefficient (Wildman–Crippen LogP) is 3.70. The molecule has 0 saturated carbocycles. The minimum atomic E-state index is -0.179. The number of phenols is 1. The summed E-state index contributed by atoms with van der Waals surface area (Å²) in [5, 5.41) is 23.3. The highest BCUT2D eigenvalue weighted by Crippen LogP contribution is 2.43. The van der Waals surface area contributed by atoms with Crippen LogP contribution in [0.15, 0.2) is 53.5 Å². The van der Waals surface area contributed by atoms with Crippen molar-refractivity contribution in [1.29, 1.82) is 0 Å². The number of nitrogens with one attached hydrogen (secondary N) is 2. The molecule has 0 spiro atoms. The molecule has 2 aliphatic heterocycles. The molecule has 3 atom stereocenters. The minimum Gasteiger partial charge on any atom is -0.507 e. The first-order valence-electron chi connectivity index (χ1n) is 11.1. The lowest BCUT2D eigenvalue weighted by Gasteiger charge is -2.45. The Morgan fingerprint density at radius 1 is 1.00 bits per heavy atom. The van der Waals surface area contributed by atoms with Crippen LogP contribution in [0.3, 0.4) is 0 Å². The Bertz CT molecular complexity index is 1190. The summed E-state index contributed by atoms with van der Waals surface area (Å²) in [6, 6.07) is 12.9. The third-order valence-corrected chi connectivity index (χ3v) is 7.15. The highest BCUT2D eigenvalue weighted by atomic mass is 16.3. The van der Waals surface area contributed by atoms with Gasteiger partial charge >= 0.3 is 0 Å². The van der Waals surface area contributed by atoms with Gasteiger partial charge in [0.05, 0.1) is 5.69 Å². The SMILES string of the molecule is CN(c1ccc(-c2ccc(-c3cc[nH]c(=O)c3)cc2O)nn1)[C@H]1CC2(C)CC[C@](C)(C1)N2. The van der Waals surface area contributed by atoms with Gasteiger partial charge in [-0.15, -0.1) is 10.2 Å². The fourth-order valence-corrected chi connectivity index (χ4v) is 5.49. The van der Waals surface area contributed by atoms with Crippen LogP contribution in [-0.2, 0) is 0 Å². The van der Waals surface area contributed by atoms with Crippen LogP contribution in [0.2, 0.25) is 0 Å². The number of benzene rings is 1. The summed E-state index contributed by atoms with van der Waals surface area (Å²) in [4.78, 5) is 16.4. The maximum absolute atomic E-state index is 11.6. The number of nitrogens with zero attached hydrogens (tertiary/aromatic N) is 3. The van der Waals surface area contributed by atoms with E-state index < -0.39 is 0 Å². The first kappa shape index (κ1) is 20.7. The number of hydrogen-bond acceptors (Lipinski definition) is 6. The van der Waals surface area contributed by atoms with Gasteiger partial charge < -0.3 is 20.3 Å². The summed E-state index contributed by atoms with van der Waals surface area (Å²) in [5.74, 6) is 0.945. The van der Waals surface area contributed by atoms with Crippen molar-refractivity contribution in [1.82, 2.24) is 20.5 Å². The number of aromatic nitrogens is 3. The first-order valence-corrected chi connectivity index (χ1v) is 11.1. The average molecular weight is 432 g/mol. The van der Waals surface area contributed by atoms with Crippen LogP contribution < -0.4 is 15.8 Å². The number of H-pyrrole nitrogens is 1. The van der Waals surface area contributed by atoms with E-state index in [-0.39, 0.29) is 22.4 Å². The Labute approximate surface area is 187 Å². The van der Waals surface area contributed by atoms with E-state index in [0.717, 1.165) is 29.8 Å². The molecule has 2 aliphatic rings. The topological polar surface area (TPSA) is 94.1 Å². The summed E-state index contributed by atoms with van der Waals surface area (Å²) in [6.45, 7) is 4.65. The van der Waals surface area contributed by atoms with Crippen molar-refractivity contribution in [2.75, 3.05) is 11.9 Å². The van der Waals surface area contributed by atoms with Crippen LogP contribution >= 0.6 is 0 Å². The maximum atomic E-state index is 11.6. The third-order valence-electron chi connectivity index (χ3n) is 7.15. The Balaban J connectivity index is 1.36. The van der Waals surface area contributed by atoms with Crippen molar-refractivity contribution < 1.29 is 5.11 Å². The second-order valence-corrected chi connectivity index (χ2v) is 9.87. The van der Waals surface area contributed by atoms with E-state index in [1.807, 2.05) is 24.3 Å². The molecule has 2 fully saturated rings. The molecule has 32 heavy (non-hydrogen) atoms. The van der Waals surface area contributed by atoms with Gasteiger partial charge in [-0.1, -0.05) is 6.07 Å². The van der Waals surface area contributed by atoms with Crippen LogP contribution in [0, 0.1) is 0 Å². The van der Waals surface area contributed by atoms with Crippen LogP contribution in [-0.4, -0.2) is 44.5 Å². The molecule has 3 aromatic rings. The van der Waals surface area contributed by atoms with E-state index >= 15 is 0 Å². The van der Waals surface area contributed by atoms with Crippen molar-refractivity contribution in [2.24, 2.45) is 0 Å². The number of piperidine rings is 1. The molecule has 166 valence electrons. The molecule has 5 rings (SSSR count). The van der Waals surface area contributed by atoms with Crippen molar-refractivity contribution in [3.63, 3.8) is 0 Å². The normalized spacial score (nSPS) is 26.8. The Morgan fingerprint density at radius 3 is 2.34 bits per heavy atom. The molecule has 2 aromatic heterocycles. The fraction of sp³-hybridized carbons (Fsp3) is 0.400. The van der Waals surface area contributed by atoms with Crippen LogP contribution in [0.1, 0.15) is 39.5 Å². The molecule has 2 bridgehead atoms. The van der Waals surface area contributed by atoms with Gasteiger partial charge in [-0.2, -0.15) is 0 Å².